The smallest absolute Gasteiger partial charge is 0.407 e. The molecule has 0 radical (unpaired) electrons. The Balaban J connectivity index is 0.00000162. The zero-order valence-corrected chi connectivity index (χ0v) is 11.8. The summed E-state index contributed by atoms with van der Waals surface area (Å²) < 4.78 is 4.83. The molecule has 1 atom stereocenters. The van der Waals surface area contributed by atoms with E-state index in [1.165, 1.54) is 0 Å². The highest BCUT2D eigenvalue weighted by atomic mass is 35.5. The Labute approximate surface area is 118 Å². The van der Waals surface area contributed by atoms with Gasteiger partial charge in [0.15, 0.2) is 0 Å². The van der Waals surface area contributed by atoms with Gasteiger partial charge in [0, 0.05) is 31.2 Å². The molecule has 1 heterocycles. The molecule has 0 unspecified atom stereocenters. The van der Waals surface area contributed by atoms with E-state index in [0.29, 0.717) is 11.6 Å². The Kier molecular flexibility index (Phi) is 5.11. The molecule has 1 aromatic rings. The van der Waals surface area contributed by atoms with Gasteiger partial charge in [0.25, 0.3) is 0 Å². The van der Waals surface area contributed by atoms with Crippen LogP contribution in [-0.2, 0) is 4.74 Å². The van der Waals surface area contributed by atoms with E-state index in [2.05, 4.69) is 5.32 Å². The molecule has 1 amide bonds. The van der Waals surface area contributed by atoms with Crippen LogP contribution in [0.5, 0.6) is 0 Å². The normalized spacial score (nSPS) is 18.4. The number of nitrogens with zero attached hydrogens (tertiary/aromatic N) is 1. The molecule has 0 aromatic heterocycles. The number of hydrogen-bond donors (Lipinski definition) is 1. The van der Waals surface area contributed by atoms with Crippen molar-refractivity contribution in [3.8, 4) is 0 Å². The monoisotopic (exact) mass is 290 g/mol. The SMILES string of the molecule is CN(C)c1ccc([C@H]2CCOC(=O)N2)c(Cl)c1.Cl. The predicted molar refractivity (Wildman–Crippen MR) is 74.9 cm³/mol. The first-order valence-electron chi connectivity index (χ1n) is 5.48. The van der Waals surface area contributed by atoms with Crippen molar-refractivity contribution < 1.29 is 9.53 Å². The molecule has 18 heavy (non-hydrogen) atoms. The number of halogens is 2. The Bertz CT molecular complexity index is 438. The number of carbonyl (C=O) groups excluding carboxylic acids is 1. The van der Waals surface area contributed by atoms with Gasteiger partial charge in [-0.05, 0) is 17.7 Å². The minimum Gasteiger partial charge on any atom is -0.449 e. The van der Waals surface area contributed by atoms with Crippen molar-refractivity contribution in [1.82, 2.24) is 5.32 Å². The van der Waals surface area contributed by atoms with E-state index in [9.17, 15) is 4.79 Å². The van der Waals surface area contributed by atoms with Gasteiger partial charge in [-0.15, -0.1) is 12.4 Å². The maximum absolute atomic E-state index is 11.1. The molecule has 100 valence electrons. The molecule has 6 heteroatoms. The molecule has 0 saturated carbocycles. The lowest BCUT2D eigenvalue weighted by molar-refractivity contribution is 0.115. The van der Waals surface area contributed by atoms with Crippen molar-refractivity contribution in [2.45, 2.75) is 12.5 Å². The van der Waals surface area contributed by atoms with Crippen LogP contribution in [0, 0.1) is 0 Å². The van der Waals surface area contributed by atoms with Crippen LogP contribution in [0.15, 0.2) is 18.2 Å². The quantitative estimate of drug-likeness (QED) is 0.910. The molecule has 0 bridgehead atoms. The van der Waals surface area contributed by atoms with Crippen molar-refractivity contribution >= 4 is 35.8 Å². The van der Waals surface area contributed by atoms with Gasteiger partial charge in [-0.2, -0.15) is 0 Å². The maximum atomic E-state index is 11.1. The summed E-state index contributed by atoms with van der Waals surface area (Å²) in [5.41, 5.74) is 1.98. The van der Waals surface area contributed by atoms with Gasteiger partial charge in [0.1, 0.15) is 0 Å². The summed E-state index contributed by atoms with van der Waals surface area (Å²) in [5.74, 6) is 0. The van der Waals surface area contributed by atoms with Crippen molar-refractivity contribution in [3.63, 3.8) is 0 Å². The van der Waals surface area contributed by atoms with Crippen LogP contribution in [0.4, 0.5) is 10.5 Å². The molecule has 1 aliphatic heterocycles. The van der Waals surface area contributed by atoms with Gasteiger partial charge in [0.05, 0.1) is 12.6 Å². The Morgan fingerprint density at radius 1 is 1.44 bits per heavy atom. The number of alkyl carbamates (subject to hydrolysis) is 1. The van der Waals surface area contributed by atoms with Crippen LogP contribution < -0.4 is 10.2 Å². The first-order valence-corrected chi connectivity index (χ1v) is 5.86. The van der Waals surface area contributed by atoms with E-state index in [0.717, 1.165) is 17.7 Å². The molecule has 0 spiro atoms. The van der Waals surface area contributed by atoms with E-state index >= 15 is 0 Å². The second kappa shape index (κ2) is 6.16. The highest BCUT2D eigenvalue weighted by Gasteiger charge is 2.22. The fraction of sp³-hybridized carbons (Fsp3) is 0.417. The van der Waals surface area contributed by atoms with Gasteiger partial charge in [0.2, 0.25) is 0 Å². The lowest BCUT2D eigenvalue weighted by Gasteiger charge is -2.25. The lowest BCUT2D eigenvalue weighted by atomic mass is 10.0. The number of rotatable bonds is 2. The second-order valence-electron chi connectivity index (χ2n) is 4.22. The van der Waals surface area contributed by atoms with Crippen molar-refractivity contribution in [3.05, 3.63) is 28.8 Å². The third-order valence-electron chi connectivity index (χ3n) is 2.81. The standard InChI is InChI=1S/C12H15ClN2O2.ClH/c1-15(2)8-3-4-9(10(13)7-8)11-5-6-17-12(16)14-11;/h3-4,7,11H,5-6H2,1-2H3,(H,14,16);1H/t11-;/m1./s1. The third-order valence-corrected chi connectivity index (χ3v) is 3.13. The fourth-order valence-electron chi connectivity index (χ4n) is 1.84. The summed E-state index contributed by atoms with van der Waals surface area (Å²) in [7, 11) is 3.92. The van der Waals surface area contributed by atoms with Gasteiger partial charge >= 0.3 is 6.09 Å². The second-order valence-corrected chi connectivity index (χ2v) is 4.63. The number of anilines is 1. The first-order chi connectivity index (χ1) is 8.08. The highest BCUT2D eigenvalue weighted by Crippen LogP contribution is 2.30. The first kappa shape index (κ1) is 14.9. The maximum Gasteiger partial charge on any atom is 0.407 e. The molecule has 2 rings (SSSR count). The summed E-state index contributed by atoms with van der Waals surface area (Å²) in [6.07, 6.45) is 0.362. The average molecular weight is 291 g/mol. The molecular weight excluding hydrogens is 275 g/mol. The Hall–Kier alpha value is -1.13. The number of nitrogens with one attached hydrogen (secondary N) is 1. The fourth-order valence-corrected chi connectivity index (χ4v) is 2.14. The van der Waals surface area contributed by atoms with Gasteiger partial charge in [-0.25, -0.2) is 4.79 Å². The van der Waals surface area contributed by atoms with Crippen molar-refractivity contribution in [2.75, 3.05) is 25.6 Å². The molecule has 0 aliphatic carbocycles. The van der Waals surface area contributed by atoms with E-state index < -0.39 is 0 Å². The molecule has 1 saturated heterocycles. The van der Waals surface area contributed by atoms with E-state index in [-0.39, 0.29) is 24.5 Å². The number of ether oxygens (including phenoxy) is 1. The highest BCUT2D eigenvalue weighted by molar-refractivity contribution is 6.31. The molecule has 1 N–H and O–H groups in total. The molecule has 1 aromatic carbocycles. The minimum absolute atomic E-state index is 0. The van der Waals surface area contributed by atoms with Gasteiger partial charge < -0.3 is 15.0 Å². The zero-order chi connectivity index (χ0) is 12.4. The summed E-state index contributed by atoms with van der Waals surface area (Å²) in [6, 6.07) is 5.79. The van der Waals surface area contributed by atoms with Crippen LogP contribution in [0.1, 0.15) is 18.0 Å². The number of benzene rings is 1. The van der Waals surface area contributed by atoms with Crippen molar-refractivity contribution in [2.24, 2.45) is 0 Å². The summed E-state index contributed by atoms with van der Waals surface area (Å²) in [6.45, 7) is 0.433. The minimum atomic E-state index is -0.381. The number of cyclic esters (lactones) is 1. The van der Waals surface area contributed by atoms with Crippen molar-refractivity contribution in [1.29, 1.82) is 0 Å². The van der Waals surface area contributed by atoms with Crippen LogP contribution >= 0.6 is 24.0 Å². The van der Waals surface area contributed by atoms with Gasteiger partial charge in [-0.3, -0.25) is 0 Å². The predicted octanol–water partition coefficient (Wildman–Crippen LogP) is 3.00. The number of amides is 1. The molecule has 1 aliphatic rings. The molecule has 1 fully saturated rings. The van der Waals surface area contributed by atoms with Gasteiger partial charge in [-0.1, -0.05) is 17.7 Å². The van der Waals surface area contributed by atoms with E-state index in [1.54, 1.807) is 0 Å². The summed E-state index contributed by atoms with van der Waals surface area (Å²) in [4.78, 5) is 13.1. The van der Waals surface area contributed by atoms with Crippen LogP contribution in [0.3, 0.4) is 0 Å². The van der Waals surface area contributed by atoms with E-state index in [1.807, 2.05) is 37.2 Å². The Morgan fingerprint density at radius 2 is 2.17 bits per heavy atom. The number of carbonyl (C=O) groups is 1. The largest absolute Gasteiger partial charge is 0.449 e. The Morgan fingerprint density at radius 3 is 2.72 bits per heavy atom. The molecule has 4 nitrogen and oxygen atoms in total. The summed E-state index contributed by atoms with van der Waals surface area (Å²) >= 11 is 6.24. The topological polar surface area (TPSA) is 41.6 Å². The van der Waals surface area contributed by atoms with E-state index in [4.69, 9.17) is 16.3 Å². The third kappa shape index (κ3) is 3.21. The average Bonchev–Trinajstić information content (AvgIpc) is 2.28. The number of hydrogen-bond acceptors (Lipinski definition) is 3. The summed E-state index contributed by atoms with van der Waals surface area (Å²) in [5, 5.41) is 3.43. The zero-order valence-electron chi connectivity index (χ0n) is 10.3. The van der Waals surface area contributed by atoms with Crippen LogP contribution in [0.25, 0.3) is 0 Å². The van der Waals surface area contributed by atoms with Crippen LogP contribution in [0.2, 0.25) is 5.02 Å². The molecular formula is C12H16Cl2N2O2. The van der Waals surface area contributed by atoms with Crippen LogP contribution in [-0.4, -0.2) is 26.8 Å². The lowest BCUT2D eigenvalue weighted by Crippen LogP contribution is -2.35.